The van der Waals surface area contributed by atoms with Gasteiger partial charge in [0, 0.05) is 38.3 Å². The van der Waals surface area contributed by atoms with Gasteiger partial charge < -0.3 is 5.32 Å². The van der Waals surface area contributed by atoms with Crippen molar-refractivity contribution in [2.75, 3.05) is 32.7 Å². The van der Waals surface area contributed by atoms with E-state index in [4.69, 9.17) is 5.26 Å². The molecule has 0 atom stereocenters. The van der Waals surface area contributed by atoms with E-state index in [0.717, 1.165) is 19.2 Å². The van der Waals surface area contributed by atoms with Gasteiger partial charge in [0.05, 0.1) is 11.6 Å². The minimum atomic E-state index is -4.50. The molecule has 0 aliphatic carbocycles. The van der Waals surface area contributed by atoms with E-state index in [1.165, 1.54) is 13.0 Å². The van der Waals surface area contributed by atoms with Crippen LogP contribution in [0.15, 0.2) is 35.5 Å². The van der Waals surface area contributed by atoms with Crippen molar-refractivity contribution in [3.63, 3.8) is 0 Å². The summed E-state index contributed by atoms with van der Waals surface area (Å²) in [6.07, 6.45) is -2.29. The van der Waals surface area contributed by atoms with E-state index < -0.39 is 11.7 Å². The highest BCUT2D eigenvalue weighted by Gasteiger charge is 2.35. The van der Waals surface area contributed by atoms with Gasteiger partial charge in [-0.25, -0.2) is 0 Å². The van der Waals surface area contributed by atoms with Crippen LogP contribution in [0.4, 0.5) is 13.2 Å². The lowest BCUT2D eigenvalue weighted by Gasteiger charge is -2.28. The van der Waals surface area contributed by atoms with Crippen molar-refractivity contribution in [3.05, 3.63) is 35.5 Å². The molecule has 0 amide bonds. The van der Waals surface area contributed by atoms with Crippen molar-refractivity contribution in [2.45, 2.75) is 13.1 Å². The quantitative estimate of drug-likeness (QED) is 0.637. The Morgan fingerprint density at radius 3 is 2.45 bits per heavy atom. The Hall–Kier alpha value is -1.58. The zero-order valence-corrected chi connectivity index (χ0v) is 11.4. The molecule has 1 saturated heterocycles. The third kappa shape index (κ3) is 4.83. The fraction of sp³-hybridized carbons (Fsp3) is 0.500. The van der Waals surface area contributed by atoms with Gasteiger partial charge in [0.15, 0.2) is 0 Å². The summed E-state index contributed by atoms with van der Waals surface area (Å²) >= 11 is 0. The van der Waals surface area contributed by atoms with Crippen LogP contribution >= 0.6 is 0 Å². The maximum absolute atomic E-state index is 13.1. The number of nitrogens with one attached hydrogen (secondary N) is 1. The maximum atomic E-state index is 13.1. The highest BCUT2D eigenvalue weighted by Crippen LogP contribution is 2.32. The first-order valence-corrected chi connectivity index (χ1v) is 6.35. The van der Waals surface area contributed by atoms with Gasteiger partial charge in [0.2, 0.25) is 0 Å². The Morgan fingerprint density at radius 1 is 1.40 bits per heavy atom. The van der Waals surface area contributed by atoms with Crippen LogP contribution in [0.2, 0.25) is 0 Å². The molecule has 0 saturated carbocycles. The van der Waals surface area contributed by atoms with Crippen LogP contribution in [0.5, 0.6) is 0 Å². The average molecular weight is 285 g/mol. The Kier molecular flexibility index (Phi) is 5.99. The number of rotatable bonds is 4. The standard InChI is InChI=1S/C14H18F3N3/c1-3-12(9-18)8-13(14(15,16)17)11(2)10-20-6-4-19-5-7-20/h3,8,19H,2,4-7,10H2,1H3/b12-3+,13-8+. The summed E-state index contributed by atoms with van der Waals surface area (Å²) in [4.78, 5) is 1.92. The van der Waals surface area contributed by atoms with Crippen molar-refractivity contribution in [2.24, 2.45) is 0 Å². The van der Waals surface area contributed by atoms with Gasteiger partial charge >= 0.3 is 6.18 Å². The number of nitriles is 1. The van der Waals surface area contributed by atoms with Crippen molar-refractivity contribution in [1.29, 1.82) is 5.26 Å². The van der Waals surface area contributed by atoms with Crippen LogP contribution in [-0.4, -0.2) is 43.8 Å². The lowest BCUT2D eigenvalue weighted by molar-refractivity contribution is -0.0897. The number of halogens is 3. The van der Waals surface area contributed by atoms with Gasteiger partial charge in [-0.15, -0.1) is 0 Å². The van der Waals surface area contributed by atoms with Crippen molar-refractivity contribution in [1.82, 2.24) is 10.2 Å². The van der Waals surface area contributed by atoms with Crippen LogP contribution in [0, 0.1) is 11.3 Å². The third-order valence-corrected chi connectivity index (χ3v) is 3.05. The minimum absolute atomic E-state index is 0.00556. The maximum Gasteiger partial charge on any atom is 0.416 e. The van der Waals surface area contributed by atoms with Crippen molar-refractivity contribution >= 4 is 0 Å². The molecule has 0 unspecified atom stereocenters. The third-order valence-electron chi connectivity index (χ3n) is 3.05. The molecule has 0 aromatic rings. The molecular formula is C14H18F3N3. The first-order valence-electron chi connectivity index (χ1n) is 6.35. The fourth-order valence-electron chi connectivity index (χ4n) is 1.94. The van der Waals surface area contributed by atoms with Gasteiger partial charge in [-0.05, 0) is 18.6 Å². The molecule has 1 heterocycles. The number of alkyl halides is 3. The Bertz CT molecular complexity index is 449. The van der Waals surface area contributed by atoms with E-state index >= 15 is 0 Å². The summed E-state index contributed by atoms with van der Waals surface area (Å²) < 4.78 is 39.2. The topological polar surface area (TPSA) is 39.1 Å². The van der Waals surface area contributed by atoms with Crippen LogP contribution in [-0.2, 0) is 0 Å². The molecule has 20 heavy (non-hydrogen) atoms. The molecule has 3 nitrogen and oxygen atoms in total. The molecule has 0 spiro atoms. The Balaban J connectivity index is 2.89. The molecule has 0 aromatic carbocycles. The predicted molar refractivity (Wildman–Crippen MR) is 72.0 cm³/mol. The Morgan fingerprint density at radius 2 is 2.00 bits per heavy atom. The predicted octanol–water partition coefficient (Wildman–Crippen LogP) is 2.41. The summed E-state index contributed by atoms with van der Waals surface area (Å²) in [6, 6.07) is 1.73. The van der Waals surface area contributed by atoms with Gasteiger partial charge in [0.1, 0.15) is 0 Å². The highest BCUT2D eigenvalue weighted by molar-refractivity contribution is 5.44. The normalized spacial score (nSPS) is 18.8. The number of nitrogens with zero attached hydrogens (tertiary/aromatic N) is 2. The molecule has 1 rings (SSSR count). The first kappa shape index (κ1) is 16.5. The molecule has 110 valence electrons. The second kappa shape index (κ2) is 7.27. The number of piperazine rings is 1. The van der Waals surface area contributed by atoms with Crippen LogP contribution in [0.3, 0.4) is 0 Å². The van der Waals surface area contributed by atoms with Crippen molar-refractivity contribution < 1.29 is 13.2 Å². The zero-order valence-electron chi connectivity index (χ0n) is 11.4. The number of hydrogen-bond donors (Lipinski definition) is 1. The molecule has 1 aliphatic heterocycles. The summed E-state index contributed by atoms with van der Waals surface area (Å²) in [5, 5.41) is 11.9. The summed E-state index contributed by atoms with van der Waals surface area (Å²) in [7, 11) is 0. The number of allylic oxidation sites excluding steroid dienone is 3. The molecule has 1 N–H and O–H groups in total. The Labute approximate surface area is 117 Å². The summed E-state index contributed by atoms with van der Waals surface area (Å²) in [5.41, 5.74) is -0.849. The molecule has 1 aliphatic rings. The lowest BCUT2D eigenvalue weighted by atomic mass is 10.0. The van der Waals surface area contributed by atoms with E-state index in [0.29, 0.717) is 13.1 Å². The minimum Gasteiger partial charge on any atom is -0.314 e. The second-order valence-corrected chi connectivity index (χ2v) is 4.54. The van der Waals surface area contributed by atoms with Gasteiger partial charge in [0.25, 0.3) is 0 Å². The number of hydrogen-bond acceptors (Lipinski definition) is 3. The van der Waals surface area contributed by atoms with Gasteiger partial charge in [-0.3, -0.25) is 4.90 Å². The van der Waals surface area contributed by atoms with Crippen LogP contribution in [0.25, 0.3) is 0 Å². The molecule has 1 fully saturated rings. The largest absolute Gasteiger partial charge is 0.416 e. The van der Waals surface area contributed by atoms with E-state index in [-0.39, 0.29) is 17.7 Å². The highest BCUT2D eigenvalue weighted by atomic mass is 19.4. The van der Waals surface area contributed by atoms with Crippen LogP contribution < -0.4 is 5.32 Å². The van der Waals surface area contributed by atoms with Gasteiger partial charge in [-0.1, -0.05) is 12.7 Å². The average Bonchev–Trinajstić information content (AvgIpc) is 2.39. The molecule has 6 heteroatoms. The van der Waals surface area contributed by atoms with E-state index in [2.05, 4.69) is 11.9 Å². The smallest absolute Gasteiger partial charge is 0.314 e. The molecule has 0 aromatic heterocycles. The zero-order chi connectivity index (χ0) is 15.2. The molecule has 0 radical (unpaired) electrons. The molecule has 0 bridgehead atoms. The second-order valence-electron chi connectivity index (χ2n) is 4.54. The van der Waals surface area contributed by atoms with Crippen molar-refractivity contribution in [3.8, 4) is 6.07 Å². The van der Waals surface area contributed by atoms with Gasteiger partial charge in [-0.2, -0.15) is 18.4 Å². The monoisotopic (exact) mass is 285 g/mol. The van der Waals surface area contributed by atoms with E-state index in [1.807, 2.05) is 4.90 Å². The van der Waals surface area contributed by atoms with E-state index in [1.54, 1.807) is 6.07 Å². The summed E-state index contributed by atoms with van der Waals surface area (Å²) in [6.45, 7) is 8.15. The SMILES string of the molecule is C=C(CN1CCNCC1)/C(=C\C(C#N)=C/C)C(F)(F)F. The first-order chi connectivity index (χ1) is 9.38. The van der Waals surface area contributed by atoms with Crippen LogP contribution in [0.1, 0.15) is 6.92 Å². The molecular weight excluding hydrogens is 267 g/mol. The summed E-state index contributed by atoms with van der Waals surface area (Å²) in [5.74, 6) is 0. The van der Waals surface area contributed by atoms with E-state index in [9.17, 15) is 13.2 Å². The fourth-order valence-corrected chi connectivity index (χ4v) is 1.94. The lowest BCUT2D eigenvalue weighted by Crippen LogP contribution is -2.44.